The Bertz CT molecular complexity index is 1970. The van der Waals surface area contributed by atoms with E-state index in [0.29, 0.717) is 5.56 Å². The van der Waals surface area contributed by atoms with E-state index in [4.69, 9.17) is 22.3 Å². The van der Waals surface area contributed by atoms with Crippen LogP contribution in [0.15, 0.2) is 30.5 Å². The highest BCUT2D eigenvalue weighted by molar-refractivity contribution is 5.98. The van der Waals surface area contributed by atoms with Crippen molar-refractivity contribution in [3.05, 3.63) is 36.0 Å². The van der Waals surface area contributed by atoms with Gasteiger partial charge in [-0.2, -0.15) is 0 Å². The zero-order valence-corrected chi connectivity index (χ0v) is 34.6. The molecule has 0 fully saturated rings. The van der Waals surface area contributed by atoms with E-state index < -0.39 is 133 Å². The van der Waals surface area contributed by atoms with Crippen LogP contribution in [0.5, 0.6) is 0 Å². The van der Waals surface area contributed by atoms with Crippen LogP contribution in [0.25, 0.3) is 10.9 Å². The van der Waals surface area contributed by atoms with Crippen molar-refractivity contribution in [3.63, 3.8) is 0 Å². The number of aliphatic hydroxyl groups excluding tert-OH is 3. The SMILES string of the molecule is C[C@H](NC(=O)[C@@H](NC(=O)[C@H](CO)NC(=O)[C@@H](NC(=O)[C@H](CCCNC(N)=O)NC(=O)CNC(=O)[C@H](CC(N)=O)NC(=O)[C@@H](N)Cc1c[nH]c2ccccc12)[C@@H](C)O)[C@@H](C)O)C(=O)O. The van der Waals surface area contributed by atoms with Crippen LogP contribution in [0, 0.1) is 0 Å². The Balaban J connectivity index is 2.14. The number of aliphatic carboxylic acids is 1. The minimum Gasteiger partial charge on any atom is -0.480 e. The summed E-state index contributed by atoms with van der Waals surface area (Å²) >= 11 is 0. The fraction of sp³-hybridized carbons (Fsp3) is 0.514. The number of aliphatic hydroxyl groups is 3. The number of carboxylic acid groups (broad SMARTS) is 1. The molecule has 0 aliphatic carbocycles. The second-order valence-corrected chi connectivity index (χ2v) is 14.4. The van der Waals surface area contributed by atoms with Gasteiger partial charge in [0.15, 0.2) is 0 Å². The Morgan fingerprint density at radius 3 is 1.83 bits per heavy atom. The first-order valence-corrected chi connectivity index (χ1v) is 19.5. The number of urea groups is 1. The molecule has 0 unspecified atom stereocenters. The van der Waals surface area contributed by atoms with Crippen LogP contribution in [-0.2, 0) is 49.6 Å². The first-order chi connectivity index (χ1) is 29.5. The molecule has 10 amide bonds. The lowest BCUT2D eigenvalue weighted by Crippen LogP contribution is -2.62. The third-order valence-corrected chi connectivity index (χ3v) is 9.20. The van der Waals surface area contributed by atoms with E-state index in [-0.39, 0.29) is 25.8 Å². The maximum atomic E-state index is 13.5. The fourth-order valence-electron chi connectivity index (χ4n) is 5.78. The number of rotatable bonds is 26. The summed E-state index contributed by atoms with van der Waals surface area (Å²) in [6.07, 6.45) is -2.46. The Kier molecular flexibility index (Phi) is 20.8. The summed E-state index contributed by atoms with van der Waals surface area (Å²) in [4.78, 5) is 129. The maximum Gasteiger partial charge on any atom is 0.325 e. The molecule has 63 heavy (non-hydrogen) atoms. The van der Waals surface area contributed by atoms with Crippen LogP contribution < -0.4 is 59.7 Å². The number of carbonyl (C=O) groups excluding carboxylic acids is 9. The molecule has 2 rings (SSSR count). The predicted octanol–water partition coefficient (Wildman–Crippen LogP) is -6.76. The molecule has 19 N–H and O–H groups in total. The van der Waals surface area contributed by atoms with Gasteiger partial charge in [0.05, 0.1) is 37.8 Å². The Morgan fingerprint density at radius 1 is 0.698 bits per heavy atom. The summed E-state index contributed by atoms with van der Waals surface area (Å²) in [5.74, 6) is -9.92. The number of benzene rings is 1. The second kappa shape index (κ2) is 25.1. The fourth-order valence-corrected chi connectivity index (χ4v) is 5.78. The van der Waals surface area contributed by atoms with Gasteiger partial charge in [0.2, 0.25) is 47.3 Å². The minimum absolute atomic E-state index is 0.000749. The highest BCUT2D eigenvalue weighted by Gasteiger charge is 2.35. The summed E-state index contributed by atoms with van der Waals surface area (Å²) in [5.41, 5.74) is 18.0. The highest BCUT2D eigenvalue weighted by atomic mass is 16.4. The number of carboxylic acids is 1. The molecular formula is C37H56N12O14. The number of nitrogens with one attached hydrogen (secondary N) is 9. The number of para-hydroxylation sites is 1. The summed E-state index contributed by atoms with van der Waals surface area (Å²) in [6, 6.07) is -4.78. The molecule has 348 valence electrons. The second-order valence-electron chi connectivity index (χ2n) is 14.4. The maximum absolute atomic E-state index is 13.5. The summed E-state index contributed by atoms with van der Waals surface area (Å²) < 4.78 is 0. The molecule has 26 nitrogen and oxygen atoms in total. The average Bonchev–Trinajstić information content (AvgIpc) is 3.62. The quantitative estimate of drug-likeness (QED) is 0.0391. The Morgan fingerprint density at radius 2 is 1.27 bits per heavy atom. The van der Waals surface area contributed by atoms with Crippen molar-refractivity contribution in [2.75, 3.05) is 19.7 Å². The lowest BCUT2D eigenvalue weighted by atomic mass is 10.0. The van der Waals surface area contributed by atoms with E-state index in [1.165, 1.54) is 0 Å². The van der Waals surface area contributed by atoms with Gasteiger partial charge < -0.3 is 85.1 Å². The third-order valence-electron chi connectivity index (χ3n) is 9.20. The third kappa shape index (κ3) is 17.2. The van der Waals surface area contributed by atoms with E-state index in [1.54, 1.807) is 12.3 Å². The zero-order chi connectivity index (χ0) is 47.6. The van der Waals surface area contributed by atoms with Gasteiger partial charge in [-0.3, -0.25) is 43.2 Å². The van der Waals surface area contributed by atoms with Crippen LogP contribution in [0.3, 0.4) is 0 Å². The van der Waals surface area contributed by atoms with Crippen molar-refractivity contribution in [1.82, 2.24) is 47.5 Å². The standard InChI is InChI=1S/C37H56N12O14/c1-16(36(61)62)44-34(59)28(17(2)51)49-33(58)25(15-50)47-35(60)29(18(3)52)48-32(57)23(9-6-10-41-37(40)63)45-27(54)14-43-31(56)24(12-26(39)53)46-30(55)21(38)11-19-13-42-22-8-5-4-7-20(19)22/h4-5,7-8,13,16-18,21,23-25,28-29,42,50-52H,6,9-12,14-15,38H2,1-3H3,(H2,39,53)(H,43,56)(H,44,59)(H,45,54)(H,46,55)(H,47,60)(H,48,57)(H,49,58)(H,61,62)(H3,40,41,63)/t16-,17+,18+,21-,23-,24-,25-,28-,29-/m0/s1. The largest absolute Gasteiger partial charge is 0.480 e. The van der Waals surface area contributed by atoms with Crippen LogP contribution in [0.2, 0.25) is 0 Å². The molecule has 0 saturated heterocycles. The average molecular weight is 893 g/mol. The van der Waals surface area contributed by atoms with E-state index in [2.05, 4.69) is 47.5 Å². The van der Waals surface area contributed by atoms with Crippen molar-refractivity contribution in [2.45, 2.75) is 101 Å². The van der Waals surface area contributed by atoms with Crippen molar-refractivity contribution < 1.29 is 68.4 Å². The molecule has 9 atom stereocenters. The highest BCUT2D eigenvalue weighted by Crippen LogP contribution is 2.19. The number of fused-ring (bicyclic) bond motifs is 1. The van der Waals surface area contributed by atoms with Gasteiger partial charge in [0, 0.05) is 23.6 Å². The first kappa shape index (κ1) is 52.2. The number of H-pyrrole nitrogens is 1. The molecule has 1 aromatic carbocycles. The smallest absolute Gasteiger partial charge is 0.325 e. The summed E-state index contributed by atoms with van der Waals surface area (Å²) in [6.45, 7) is 1.27. The minimum atomic E-state index is -1.87. The Labute approximate surface area is 359 Å². The molecule has 26 heteroatoms. The van der Waals surface area contributed by atoms with Gasteiger partial charge in [0.25, 0.3) is 0 Å². The van der Waals surface area contributed by atoms with E-state index in [0.717, 1.165) is 31.7 Å². The molecule has 1 aromatic heterocycles. The molecule has 0 saturated carbocycles. The van der Waals surface area contributed by atoms with Crippen LogP contribution >= 0.6 is 0 Å². The zero-order valence-electron chi connectivity index (χ0n) is 34.6. The number of primary amides is 2. The molecule has 0 aliphatic rings. The van der Waals surface area contributed by atoms with Gasteiger partial charge in [0.1, 0.15) is 36.3 Å². The molecule has 0 bridgehead atoms. The molecule has 0 radical (unpaired) electrons. The van der Waals surface area contributed by atoms with E-state index in [9.17, 15) is 63.3 Å². The summed E-state index contributed by atoms with van der Waals surface area (Å²) in [5, 5.41) is 57.9. The van der Waals surface area contributed by atoms with Gasteiger partial charge in [-0.25, -0.2) is 4.79 Å². The Hall–Kier alpha value is -6.90. The van der Waals surface area contributed by atoms with Crippen molar-refractivity contribution in [1.29, 1.82) is 0 Å². The lowest BCUT2D eigenvalue weighted by molar-refractivity contribution is -0.142. The lowest BCUT2D eigenvalue weighted by Gasteiger charge is -2.27. The van der Waals surface area contributed by atoms with Crippen LogP contribution in [-0.4, -0.2) is 159 Å². The van der Waals surface area contributed by atoms with Gasteiger partial charge in [-0.1, -0.05) is 18.2 Å². The van der Waals surface area contributed by atoms with Crippen LogP contribution in [0.1, 0.15) is 45.6 Å². The summed E-state index contributed by atoms with van der Waals surface area (Å²) in [7, 11) is 0. The van der Waals surface area contributed by atoms with Crippen molar-refractivity contribution in [2.24, 2.45) is 17.2 Å². The molecule has 1 heterocycles. The molecule has 2 aromatic rings. The van der Waals surface area contributed by atoms with Gasteiger partial charge >= 0.3 is 12.0 Å². The van der Waals surface area contributed by atoms with Crippen molar-refractivity contribution >= 4 is 70.2 Å². The molecular weight excluding hydrogens is 836 g/mol. The van der Waals surface area contributed by atoms with Gasteiger partial charge in [-0.15, -0.1) is 0 Å². The monoisotopic (exact) mass is 892 g/mol. The first-order valence-electron chi connectivity index (χ1n) is 19.5. The predicted molar refractivity (Wildman–Crippen MR) is 219 cm³/mol. The number of aromatic amines is 1. The normalized spacial score (nSPS) is 15.3. The topological polar surface area (TPSA) is 442 Å². The van der Waals surface area contributed by atoms with Crippen molar-refractivity contribution in [3.8, 4) is 0 Å². The number of hydrogen-bond donors (Lipinski definition) is 16. The number of aromatic nitrogens is 1. The van der Waals surface area contributed by atoms with E-state index >= 15 is 0 Å². The van der Waals surface area contributed by atoms with Crippen LogP contribution in [0.4, 0.5) is 4.79 Å². The van der Waals surface area contributed by atoms with E-state index in [1.807, 2.05) is 18.2 Å². The number of amides is 10. The molecule has 0 aliphatic heterocycles. The molecule has 0 spiro atoms. The van der Waals surface area contributed by atoms with Gasteiger partial charge in [-0.05, 0) is 51.7 Å². The number of nitrogens with two attached hydrogens (primary N) is 3. The number of carbonyl (C=O) groups is 10. The number of hydrogen-bond acceptors (Lipinski definition) is 14.